The van der Waals surface area contributed by atoms with Crippen molar-refractivity contribution in [2.75, 3.05) is 0 Å². The molecule has 0 radical (unpaired) electrons. The molecule has 51 heavy (non-hydrogen) atoms. The second-order valence-electron chi connectivity index (χ2n) is 15.1. The van der Waals surface area contributed by atoms with Crippen LogP contribution < -0.4 is 0 Å². The fourth-order valence-corrected chi connectivity index (χ4v) is 6.31. The van der Waals surface area contributed by atoms with E-state index >= 15 is 4.39 Å². The summed E-state index contributed by atoms with van der Waals surface area (Å²) in [5.74, 6) is 1.16. The molecule has 0 bridgehead atoms. The molecular weight excluding hydrogens is 622 g/mol. The molecule has 1 atom stereocenters. The zero-order valence-electron chi connectivity index (χ0n) is 35.0. The van der Waals surface area contributed by atoms with Crippen molar-refractivity contribution < 1.29 is 4.39 Å². The van der Waals surface area contributed by atoms with Gasteiger partial charge in [0.25, 0.3) is 0 Å². The first kappa shape index (κ1) is 45.5. The van der Waals surface area contributed by atoms with Crippen LogP contribution >= 0.6 is 0 Å². The van der Waals surface area contributed by atoms with Crippen molar-refractivity contribution in [2.45, 2.75) is 141 Å². The molecule has 2 aliphatic carbocycles. The highest BCUT2D eigenvalue weighted by Crippen LogP contribution is 2.53. The molecule has 280 valence electrons. The predicted octanol–water partition coefficient (Wildman–Crippen LogP) is 16.0. The summed E-state index contributed by atoms with van der Waals surface area (Å²) in [6, 6.07) is 8.39. The summed E-state index contributed by atoms with van der Waals surface area (Å²) < 4.78 is 15.0. The molecule has 0 aliphatic heterocycles. The smallest absolute Gasteiger partial charge is 0.123 e. The van der Waals surface area contributed by atoms with Crippen molar-refractivity contribution in [3.8, 4) is 0 Å². The molecular formula is C49H72FN. The minimum atomic E-state index is -0.349. The highest BCUT2D eigenvalue weighted by atomic mass is 19.1. The molecule has 1 aromatic carbocycles. The lowest BCUT2D eigenvalue weighted by atomic mass is 9.64. The lowest BCUT2D eigenvalue weighted by molar-refractivity contribution is 0.514. The number of benzene rings is 1. The Kier molecular flexibility index (Phi) is 20.0. The van der Waals surface area contributed by atoms with Gasteiger partial charge in [-0.2, -0.15) is 0 Å². The second-order valence-corrected chi connectivity index (χ2v) is 15.1. The molecule has 2 aliphatic rings. The number of allylic oxidation sites excluding steroid dienone is 15. The molecule has 1 unspecified atom stereocenters. The summed E-state index contributed by atoms with van der Waals surface area (Å²) in [4.78, 5) is 4.72. The van der Waals surface area contributed by atoms with Gasteiger partial charge in [-0.3, -0.25) is 4.98 Å². The van der Waals surface area contributed by atoms with Crippen LogP contribution in [-0.4, -0.2) is 4.98 Å². The monoisotopic (exact) mass is 694 g/mol. The number of fused-ring (bicyclic) bond motifs is 1. The molecule has 0 fully saturated rings. The number of pyridine rings is 1. The van der Waals surface area contributed by atoms with Gasteiger partial charge in [0.05, 0.1) is 5.69 Å². The van der Waals surface area contributed by atoms with E-state index in [4.69, 9.17) is 4.98 Å². The van der Waals surface area contributed by atoms with E-state index in [-0.39, 0.29) is 16.7 Å². The maximum atomic E-state index is 15.0. The van der Waals surface area contributed by atoms with E-state index in [1.165, 1.54) is 40.3 Å². The number of aromatic nitrogens is 1. The van der Waals surface area contributed by atoms with Gasteiger partial charge < -0.3 is 0 Å². The van der Waals surface area contributed by atoms with E-state index in [9.17, 15) is 0 Å². The lowest BCUT2D eigenvalue weighted by Crippen LogP contribution is -2.30. The van der Waals surface area contributed by atoms with Crippen LogP contribution in [0.4, 0.5) is 4.39 Å². The van der Waals surface area contributed by atoms with Gasteiger partial charge in [0.2, 0.25) is 0 Å². The summed E-state index contributed by atoms with van der Waals surface area (Å²) in [5, 5.41) is 2.40. The van der Waals surface area contributed by atoms with Gasteiger partial charge in [0, 0.05) is 22.6 Å². The molecule has 0 N–H and O–H groups in total. The molecule has 2 aromatic rings. The van der Waals surface area contributed by atoms with Gasteiger partial charge >= 0.3 is 0 Å². The summed E-state index contributed by atoms with van der Waals surface area (Å²) in [5.41, 5.74) is 7.64. The van der Waals surface area contributed by atoms with Gasteiger partial charge in [0.15, 0.2) is 0 Å². The topological polar surface area (TPSA) is 12.9 Å². The Balaban J connectivity index is 0.000000440. The fraction of sp³-hybridized carbons (Fsp3) is 0.490. The number of rotatable bonds is 10. The summed E-state index contributed by atoms with van der Waals surface area (Å²) in [7, 11) is 0. The molecule has 0 spiro atoms. The molecule has 1 nitrogen and oxygen atoms in total. The Bertz CT molecular complexity index is 1600. The van der Waals surface area contributed by atoms with Gasteiger partial charge in [0.1, 0.15) is 5.83 Å². The quantitative estimate of drug-likeness (QED) is 0.178. The molecule has 0 amide bonds. The molecule has 0 saturated carbocycles. The third kappa shape index (κ3) is 12.9. The van der Waals surface area contributed by atoms with Crippen LogP contribution in [0.15, 0.2) is 120 Å². The highest BCUT2D eigenvalue weighted by molar-refractivity contribution is 6.00. The fourth-order valence-electron chi connectivity index (χ4n) is 6.31. The minimum Gasteiger partial charge on any atom is -0.256 e. The van der Waals surface area contributed by atoms with Gasteiger partial charge in [-0.25, -0.2) is 4.39 Å². The zero-order valence-corrected chi connectivity index (χ0v) is 35.0. The van der Waals surface area contributed by atoms with Crippen LogP contribution in [0.1, 0.15) is 147 Å². The Morgan fingerprint density at radius 2 is 1.69 bits per heavy atom. The third-order valence-electron chi connectivity index (χ3n) is 9.83. The van der Waals surface area contributed by atoms with Crippen LogP contribution in [0, 0.1) is 17.3 Å². The van der Waals surface area contributed by atoms with Crippen LogP contribution in [-0.2, 0) is 5.41 Å². The average molecular weight is 694 g/mol. The maximum absolute atomic E-state index is 15.0. The van der Waals surface area contributed by atoms with E-state index in [0.29, 0.717) is 5.92 Å². The SMILES string of the molecule is C=C(/C=C\C=C/C)/C(C)=C/C(=C\CC)C(C)(C)C.CC.CCC(C)CC.CCC=CCC1CC=C(F)C2=C1c1nccc3cccc(c13)C2(C)C. The Morgan fingerprint density at radius 3 is 2.24 bits per heavy atom. The van der Waals surface area contributed by atoms with Crippen molar-refractivity contribution in [3.05, 3.63) is 131 Å². The van der Waals surface area contributed by atoms with Crippen molar-refractivity contribution in [3.63, 3.8) is 0 Å². The van der Waals surface area contributed by atoms with Crippen molar-refractivity contribution >= 4 is 16.3 Å². The lowest BCUT2D eigenvalue weighted by Gasteiger charge is -2.40. The van der Waals surface area contributed by atoms with Crippen molar-refractivity contribution in [2.24, 2.45) is 17.3 Å². The molecule has 0 saturated heterocycles. The Morgan fingerprint density at radius 1 is 1.02 bits per heavy atom. The van der Waals surface area contributed by atoms with E-state index in [1.807, 2.05) is 45.2 Å². The normalized spacial score (nSPS) is 17.1. The number of hydrogen-bond acceptors (Lipinski definition) is 1. The summed E-state index contributed by atoms with van der Waals surface area (Å²) in [6.45, 7) is 34.3. The first-order valence-corrected chi connectivity index (χ1v) is 19.7. The average Bonchev–Trinajstić information content (AvgIpc) is 3.11. The zero-order chi connectivity index (χ0) is 38.8. The van der Waals surface area contributed by atoms with Crippen molar-refractivity contribution in [1.29, 1.82) is 0 Å². The van der Waals surface area contributed by atoms with E-state index < -0.39 is 0 Å². The van der Waals surface area contributed by atoms with Crippen LogP contribution in [0.5, 0.6) is 0 Å². The van der Waals surface area contributed by atoms with Gasteiger partial charge in [-0.05, 0) is 102 Å². The summed E-state index contributed by atoms with van der Waals surface area (Å²) in [6.07, 6.45) is 27.2. The third-order valence-corrected chi connectivity index (χ3v) is 9.83. The first-order chi connectivity index (χ1) is 24.2. The second kappa shape index (κ2) is 22.4. The number of hydrogen-bond donors (Lipinski definition) is 0. The molecule has 1 aromatic heterocycles. The largest absolute Gasteiger partial charge is 0.256 e. The molecule has 4 rings (SSSR count). The highest BCUT2D eigenvalue weighted by Gasteiger charge is 2.41. The van der Waals surface area contributed by atoms with E-state index in [0.717, 1.165) is 54.0 Å². The van der Waals surface area contributed by atoms with Crippen LogP contribution in [0.2, 0.25) is 0 Å². The summed E-state index contributed by atoms with van der Waals surface area (Å²) >= 11 is 0. The van der Waals surface area contributed by atoms with Gasteiger partial charge in [-0.1, -0.05) is 169 Å². The molecule has 2 heteroatoms. The maximum Gasteiger partial charge on any atom is 0.123 e. The van der Waals surface area contributed by atoms with Gasteiger partial charge in [-0.15, -0.1) is 0 Å². The Labute approximate surface area is 314 Å². The standard InChI is InChI=1S/C23H24FN.C18H28.C6H14.C2H6/c1-4-5-6-8-15-11-12-18(24)21-20(15)22-19-16(13-14-25-22)9-7-10-17(19)23(21,2)3;1-8-10-11-13-15(3)16(4)14-17(12-9-2)18(5,6)7;1-4-6(3)5-2;1-2/h5-7,9-10,12-15H,4,8,11H2,1-3H3;8,10-14H,3,9H2,1-2,4-7H3;6H,4-5H2,1-3H3;1-2H3/b;10-8-,13-11-,16-14+,17-12+;;. The minimum absolute atomic E-state index is 0.0657. The first-order valence-electron chi connectivity index (χ1n) is 19.7. The van der Waals surface area contributed by atoms with E-state index in [1.54, 1.807) is 6.08 Å². The van der Waals surface area contributed by atoms with Crippen molar-refractivity contribution in [1.82, 2.24) is 4.98 Å². The van der Waals surface area contributed by atoms with Crippen LogP contribution in [0.25, 0.3) is 16.3 Å². The number of nitrogens with zero attached hydrogens (tertiary/aromatic N) is 1. The van der Waals surface area contributed by atoms with Crippen LogP contribution in [0.3, 0.4) is 0 Å². The number of halogens is 1. The van der Waals surface area contributed by atoms with E-state index in [2.05, 4.69) is 137 Å². The predicted molar refractivity (Wildman–Crippen MR) is 229 cm³/mol. The molecule has 1 heterocycles. The Hall–Kier alpha value is -3.52.